The van der Waals surface area contributed by atoms with E-state index in [0.717, 1.165) is 37.9 Å². The van der Waals surface area contributed by atoms with Crippen molar-refractivity contribution >= 4 is 5.97 Å². The lowest BCUT2D eigenvalue weighted by Crippen LogP contribution is -3.16. The molecule has 2 N–H and O–H groups in total. The fourth-order valence-corrected chi connectivity index (χ4v) is 2.69. The summed E-state index contributed by atoms with van der Waals surface area (Å²) in [5.41, 5.74) is 1.14. The molecule has 1 heterocycles. The van der Waals surface area contributed by atoms with Gasteiger partial charge in [0.1, 0.15) is 12.3 Å². The van der Waals surface area contributed by atoms with Crippen LogP contribution in [-0.2, 0) is 16.1 Å². The molecular formula is C15H22NO3+. The van der Waals surface area contributed by atoms with Crippen LogP contribution in [0.3, 0.4) is 0 Å². The Morgan fingerprint density at radius 1 is 1.37 bits per heavy atom. The highest BCUT2D eigenvalue weighted by atomic mass is 16.5. The van der Waals surface area contributed by atoms with Crippen LogP contribution >= 0.6 is 0 Å². The molecule has 2 atom stereocenters. The van der Waals surface area contributed by atoms with Crippen LogP contribution in [0.2, 0.25) is 0 Å². The summed E-state index contributed by atoms with van der Waals surface area (Å²) >= 11 is 0. The summed E-state index contributed by atoms with van der Waals surface area (Å²) in [6.07, 6.45) is 3.16. The average molecular weight is 264 g/mol. The fourth-order valence-electron chi connectivity index (χ4n) is 2.69. The molecule has 1 aromatic rings. The number of phenolic OH excluding ortho intramolecular Hbond substituents is 1. The number of piperidine rings is 1. The van der Waals surface area contributed by atoms with Crippen LogP contribution in [0, 0.1) is 0 Å². The smallest absolute Gasteiger partial charge is 0.364 e. The normalized spacial score (nSPS) is 23.0. The van der Waals surface area contributed by atoms with Crippen LogP contribution in [0.15, 0.2) is 24.3 Å². The second-order valence-electron chi connectivity index (χ2n) is 5.05. The molecule has 104 valence electrons. The Hall–Kier alpha value is -1.55. The molecule has 4 heteroatoms. The topological polar surface area (TPSA) is 51.0 Å². The lowest BCUT2D eigenvalue weighted by Gasteiger charge is -2.30. The molecule has 0 spiro atoms. The standard InChI is InChI=1S/C15H21NO3/c1-2-19-15(18)14-5-3-4-10-16(14)11-12-6-8-13(17)9-7-12/h6-9,14,17H,2-5,10-11H2,1H3/p+1/t14-/m0/s1. The largest absolute Gasteiger partial charge is 0.508 e. The van der Waals surface area contributed by atoms with Gasteiger partial charge in [-0.3, -0.25) is 0 Å². The number of rotatable bonds is 4. The molecule has 1 aliphatic heterocycles. The number of hydrogen-bond acceptors (Lipinski definition) is 3. The van der Waals surface area contributed by atoms with Crippen LogP contribution < -0.4 is 4.90 Å². The number of phenols is 1. The van der Waals surface area contributed by atoms with Crippen molar-refractivity contribution in [2.75, 3.05) is 13.2 Å². The highest BCUT2D eigenvalue weighted by molar-refractivity contribution is 5.74. The number of likely N-dealkylation sites (tertiary alicyclic amines) is 1. The number of carbonyl (C=O) groups excluding carboxylic acids is 1. The van der Waals surface area contributed by atoms with E-state index in [1.807, 2.05) is 19.1 Å². The molecule has 0 radical (unpaired) electrons. The maximum absolute atomic E-state index is 12.0. The van der Waals surface area contributed by atoms with Crippen molar-refractivity contribution in [2.45, 2.75) is 38.8 Å². The van der Waals surface area contributed by atoms with Crippen LogP contribution in [0.25, 0.3) is 0 Å². The van der Waals surface area contributed by atoms with Gasteiger partial charge in [0.05, 0.1) is 13.2 Å². The van der Waals surface area contributed by atoms with E-state index in [-0.39, 0.29) is 17.8 Å². The van der Waals surface area contributed by atoms with Crippen molar-refractivity contribution in [3.05, 3.63) is 29.8 Å². The quantitative estimate of drug-likeness (QED) is 0.794. The molecule has 0 aliphatic carbocycles. The minimum atomic E-state index is -0.0732. The van der Waals surface area contributed by atoms with Crippen molar-refractivity contribution in [3.63, 3.8) is 0 Å². The second kappa shape index (κ2) is 6.57. The van der Waals surface area contributed by atoms with E-state index in [2.05, 4.69) is 0 Å². The number of hydrogen-bond donors (Lipinski definition) is 2. The van der Waals surface area contributed by atoms with Gasteiger partial charge in [0, 0.05) is 12.0 Å². The summed E-state index contributed by atoms with van der Waals surface area (Å²) in [5.74, 6) is 0.204. The SMILES string of the molecule is CCOC(=O)[C@@H]1CCCC[NH+]1Cc1ccc(O)cc1. The number of benzene rings is 1. The Labute approximate surface area is 114 Å². The number of esters is 1. The first kappa shape index (κ1) is 13.9. The van der Waals surface area contributed by atoms with Crippen LogP contribution in [-0.4, -0.2) is 30.3 Å². The average Bonchev–Trinajstić information content (AvgIpc) is 2.42. The molecular weight excluding hydrogens is 242 g/mol. The Morgan fingerprint density at radius 2 is 2.11 bits per heavy atom. The van der Waals surface area contributed by atoms with Crippen LogP contribution in [0.1, 0.15) is 31.7 Å². The molecule has 0 bridgehead atoms. The maximum atomic E-state index is 12.0. The third-order valence-electron chi connectivity index (χ3n) is 3.67. The Morgan fingerprint density at radius 3 is 2.79 bits per heavy atom. The van der Waals surface area contributed by atoms with Gasteiger partial charge in [0.2, 0.25) is 0 Å². The van der Waals surface area contributed by atoms with E-state index >= 15 is 0 Å². The van der Waals surface area contributed by atoms with Crippen LogP contribution in [0.5, 0.6) is 5.75 Å². The maximum Gasteiger partial charge on any atom is 0.364 e. The van der Waals surface area contributed by atoms with Crippen LogP contribution in [0.4, 0.5) is 0 Å². The number of carbonyl (C=O) groups is 1. The minimum Gasteiger partial charge on any atom is -0.508 e. The van der Waals surface area contributed by atoms with E-state index < -0.39 is 0 Å². The van der Waals surface area contributed by atoms with E-state index in [1.54, 1.807) is 12.1 Å². The lowest BCUT2D eigenvalue weighted by molar-refractivity contribution is -0.935. The molecule has 19 heavy (non-hydrogen) atoms. The second-order valence-corrected chi connectivity index (χ2v) is 5.05. The predicted octanol–water partition coefficient (Wildman–Crippen LogP) is 0.893. The minimum absolute atomic E-state index is 0.0393. The van der Waals surface area contributed by atoms with Gasteiger partial charge in [0.15, 0.2) is 6.04 Å². The van der Waals surface area contributed by atoms with E-state index in [1.165, 1.54) is 4.90 Å². The molecule has 1 fully saturated rings. The fraction of sp³-hybridized carbons (Fsp3) is 0.533. The number of nitrogens with one attached hydrogen (secondary N) is 1. The zero-order valence-electron chi connectivity index (χ0n) is 11.4. The summed E-state index contributed by atoms with van der Waals surface area (Å²) < 4.78 is 5.17. The van der Waals surface area contributed by atoms with Gasteiger partial charge < -0.3 is 14.7 Å². The van der Waals surface area contributed by atoms with Crippen molar-refractivity contribution in [3.8, 4) is 5.75 Å². The molecule has 1 aromatic carbocycles. The molecule has 1 unspecified atom stereocenters. The summed E-state index contributed by atoms with van der Waals surface area (Å²) in [6.45, 7) is 4.11. The summed E-state index contributed by atoms with van der Waals surface area (Å²) in [4.78, 5) is 13.2. The first-order valence-electron chi connectivity index (χ1n) is 7.00. The molecule has 0 saturated carbocycles. The molecule has 2 rings (SSSR count). The highest BCUT2D eigenvalue weighted by Gasteiger charge is 2.33. The zero-order valence-corrected chi connectivity index (χ0v) is 11.4. The molecule has 4 nitrogen and oxygen atoms in total. The highest BCUT2D eigenvalue weighted by Crippen LogP contribution is 2.10. The van der Waals surface area contributed by atoms with Crippen molar-refractivity contribution in [1.82, 2.24) is 0 Å². The number of aromatic hydroxyl groups is 1. The zero-order chi connectivity index (χ0) is 13.7. The number of ether oxygens (including phenoxy) is 1. The van der Waals surface area contributed by atoms with E-state index in [9.17, 15) is 9.90 Å². The molecule has 0 amide bonds. The Balaban J connectivity index is 2.03. The van der Waals surface area contributed by atoms with Gasteiger partial charge in [-0.15, -0.1) is 0 Å². The summed E-state index contributed by atoms with van der Waals surface area (Å²) in [7, 11) is 0. The lowest BCUT2D eigenvalue weighted by atomic mass is 10.0. The van der Waals surface area contributed by atoms with Gasteiger partial charge in [-0.05, 0) is 44.0 Å². The number of quaternary nitrogens is 1. The first-order valence-corrected chi connectivity index (χ1v) is 7.00. The molecule has 1 saturated heterocycles. The summed E-state index contributed by atoms with van der Waals surface area (Å²) in [5, 5.41) is 9.29. The van der Waals surface area contributed by atoms with Gasteiger partial charge >= 0.3 is 5.97 Å². The van der Waals surface area contributed by atoms with Crippen molar-refractivity contribution in [1.29, 1.82) is 0 Å². The van der Waals surface area contributed by atoms with Crippen molar-refractivity contribution < 1.29 is 19.5 Å². The van der Waals surface area contributed by atoms with Gasteiger partial charge in [-0.25, -0.2) is 4.79 Å². The van der Waals surface area contributed by atoms with E-state index in [4.69, 9.17) is 4.74 Å². The van der Waals surface area contributed by atoms with Gasteiger partial charge in [-0.1, -0.05) is 0 Å². The molecule has 0 aromatic heterocycles. The van der Waals surface area contributed by atoms with Gasteiger partial charge in [0.25, 0.3) is 0 Å². The monoisotopic (exact) mass is 264 g/mol. The Bertz CT molecular complexity index is 416. The third-order valence-corrected chi connectivity index (χ3v) is 3.67. The molecule has 1 aliphatic rings. The van der Waals surface area contributed by atoms with Crippen molar-refractivity contribution in [2.24, 2.45) is 0 Å². The third kappa shape index (κ3) is 3.70. The van der Waals surface area contributed by atoms with Gasteiger partial charge in [-0.2, -0.15) is 0 Å². The predicted molar refractivity (Wildman–Crippen MR) is 71.9 cm³/mol. The Kier molecular flexibility index (Phi) is 4.80. The first-order chi connectivity index (χ1) is 9.20. The van der Waals surface area contributed by atoms with E-state index in [0.29, 0.717) is 6.61 Å². The summed E-state index contributed by atoms with van der Waals surface area (Å²) in [6, 6.07) is 7.18.